The van der Waals surface area contributed by atoms with E-state index >= 15 is 0 Å². The van der Waals surface area contributed by atoms with E-state index in [1.165, 1.54) is 34.0 Å². The number of rotatable bonds is 9. The number of halogens is 1. The van der Waals surface area contributed by atoms with Gasteiger partial charge < -0.3 is 14.6 Å². The SMILES string of the molecule is C=O.Cc1cc2c(cc1C)[C@@H]1C[C@@](O)(CCOCSCC[18F])[C@@H](CC(C)C)CN1CC2.S.S.S. The number of nitrogens with zero attached hydrogens (tertiary/aromatic N) is 1. The first-order valence-electron chi connectivity index (χ1n) is 11.4. The molecular weight excluding hydrogens is 509 g/mol. The van der Waals surface area contributed by atoms with Crippen molar-refractivity contribution in [2.45, 2.75) is 65.0 Å². The van der Waals surface area contributed by atoms with Crippen molar-refractivity contribution < 1.29 is 19.0 Å². The van der Waals surface area contributed by atoms with Gasteiger partial charge in [0.25, 0.3) is 0 Å². The zero-order valence-corrected chi connectivity index (χ0v) is 25.0. The van der Waals surface area contributed by atoms with Crippen molar-refractivity contribution in [3.63, 3.8) is 0 Å². The van der Waals surface area contributed by atoms with E-state index in [9.17, 15) is 9.50 Å². The molecule has 2 heterocycles. The van der Waals surface area contributed by atoms with Crippen molar-refractivity contribution in [2.75, 3.05) is 38.1 Å². The van der Waals surface area contributed by atoms with Crippen LogP contribution >= 0.6 is 52.2 Å². The van der Waals surface area contributed by atoms with E-state index < -0.39 is 5.60 Å². The zero-order chi connectivity index (χ0) is 23.0. The van der Waals surface area contributed by atoms with Gasteiger partial charge in [-0.05, 0) is 67.7 Å². The Morgan fingerprint density at radius 1 is 1.24 bits per heavy atom. The second-order valence-corrected chi connectivity index (χ2v) is 10.5. The summed E-state index contributed by atoms with van der Waals surface area (Å²) < 4.78 is 18.0. The van der Waals surface area contributed by atoms with Crippen molar-refractivity contribution in [1.29, 1.82) is 0 Å². The molecule has 0 aromatic heterocycles. The van der Waals surface area contributed by atoms with E-state index in [1.54, 1.807) is 0 Å². The minimum absolute atomic E-state index is 0. The molecular formula is C25H46FNO3S4. The molecule has 9 heteroatoms. The number of aliphatic hydroxyl groups is 1. The molecule has 0 spiro atoms. The summed E-state index contributed by atoms with van der Waals surface area (Å²) in [5.41, 5.74) is 4.87. The lowest BCUT2D eigenvalue weighted by atomic mass is 9.69. The standard InChI is InChI=1S/C24H38FNO2S.CH2O.3H2S/c1-17(2)11-21-15-26-8-5-20-12-18(3)19(4)13-22(20)23(26)14-24(21,27)6-9-28-16-29-10-7-25;1-2;;;/h12-13,17,21,23,27H,5-11,14-16H2,1-4H3;1H2;3*1H2/t21-,23-,24-;;;;/m0..../s1/i25-1;;;;. The normalized spacial score (nSPS) is 23.3. The topological polar surface area (TPSA) is 49.8 Å². The number of carbonyl (C=O) groups is 1. The average Bonchev–Trinajstić information content (AvgIpc) is 2.74. The summed E-state index contributed by atoms with van der Waals surface area (Å²) in [5, 5.41) is 11.8. The quantitative estimate of drug-likeness (QED) is 0.335. The first-order valence-corrected chi connectivity index (χ1v) is 12.6. The van der Waals surface area contributed by atoms with Gasteiger partial charge in [0.1, 0.15) is 6.79 Å². The first kappa shape index (κ1) is 36.3. The molecule has 0 unspecified atom stereocenters. The van der Waals surface area contributed by atoms with Gasteiger partial charge in [-0.2, -0.15) is 40.5 Å². The first-order chi connectivity index (χ1) is 14.8. The fourth-order valence-corrected chi connectivity index (χ4v) is 5.57. The van der Waals surface area contributed by atoms with Crippen LogP contribution in [-0.2, 0) is 16.0 Å². The lowest BCUT2D eigenvalue weighted by Gasteiger charge is -2.52. The molecule has 0 saturated carbocycles. The van der Waals surface area contributed by atoms with E-state index in [0.29, 0.717) is 36.7 Å². The Morgan fingerprint density at radius 3 is 2.50 bits per heavy atom. The number of thioether (sulfide) groups is 1. The summed E-state index contributed by atoms with van der Waals surface area (Å²) in [5.74, 6) is 1.82. The van der Waals surface area contributed by atoms with Crippen LogP contribution in [0.5, 0.6) is 0 Å². The third kappa shape index (κ3) is 9.52. The van der Waals surface area contributed by atoms with Crippen LogP contribution in [0.1, 0.15) is 61.4 Å². The summed E-state index contributed by atoms with van der Waals surface area (Å²) in [7, 11) is 0. The highest BCUT2D eigenvalue weighted by molar-refractivity contribution is 7.99. The fourth-order valence-electron chi connectivity index (χ4n) is 5.10. The van der Waals surface area contributed by atoms with Gasteiger partial charge in [0, 0.05) is 30.8 Å². The largest absolute Gasteiger partial charge is 0.389 e. The molecule has 1 N–H and O–H groups in total. The predicted molar refractivity (Wildman–Crippen MR) is 159 cm³/mol. The lowest BCUT2D eigenvalue weighted by Crippen LogP contribution is -2.55. The van der Waals surface area contributed by atoms with Crippen molar-refractivity contribution >= 4 is 59.0 Å². The van der Waals surface area contributed by atoms with E-state index in [1.807, 2.05) is 6.79 Å². The highest BCUT2D eigenvalue weighted by atomic mass is 32.2. The van der Waals surface area contributed by atoms with Crippen molar-refractivity contribution in [2.24, 2.45) is 11.8 Å². The summed E-state index contributed by atoms with van der Waals surface area (Å²) in [6.07, 6.45) is 3.58. The van der Waals surface area contributed by atoms with Crippen LogP contribution in [0, 0.1) is 25.7 Å². The van der Waals surface area contributed by atoms with Gasteiger partial charge in [-0.15, -0.1) is 11.8 Å². The Bertz CT molecular complexity index is 713. The van der Waals surface area contributed by atoms with Gasteiger partial charge in [-0.3, -0.25) is 9.29 Å². The number of hydrogen-bond donors (Lipinski definition) is 1. The van der Waals surface area contributed by atoms with Crippen LogP contribution in [0.3, 0.4) is 0 Å². The van der Waals surface area contributed by atoms with Crippen LogP contribution in [0.15, 0.2) is 12.1 Å². The lowest BCUT2D eigenvalue weighted by molar-refractivity contribution is -0.116. The number of piperidine rings is 1. The molecule has 2 aliphatic heterocycles. The zero-order valence-electron chi connectivity index (χ0n) is 21.2. The number of benzene rings is 1. The monoisotopic (exact) mass is 554 g/mol. The third-order valence-electron chi connectivity index (χ3n) is 6.81. The molecule has 3 atom stereocenters. The maximum atomic E-state index is 12.2. The van der Waals surface area contributed by atoms with Crippen LogP contribution in [0.4, 0.5) is 4.39 Å². The molecule has 2 aliphatic rings. The van der Waals surface area contributed by atoms with E-state index in [0.717, 1.165) is 32.4 Å². The summed E-state index contributed by atoms with van der Waals surface area (Å²) >= 11 is 1.47. The van der Waals surface area contributed by atoms with Crippen molar-refractivity contribution in [1.82, 2.24) is 4.90 Å². The fraction of sp³-hybridized carbons (Fsp3) is 0.720. The van der Waals surface area contributed by atoms with Crippen LogP contribution in [0.2, 0.25) is 0 Å². The minimum atomic E-state index is -0.705. The van der Waals surface area contributed by atoms with Crippen LogP contribution in [-0.4, -0.2) is 60.5 Å². The maximum absolute atomic E-state index is 12.2. The Morgan fingerprint density at radius 2 is 1.88 bits per heavy atom. The molecule has 1 aromatic rings. The number of hydrogen-bond acceptors (Lipinski definition) is 5. The predicted octanol–water partition coefficient (Wildman–Crippen LogP) is 5.22. The summed E-state index contributed by atoms with van der Waals surface area (Å²) in [6.45, 7) is 13.1. The van der Waals surface area contributed by atoms with Crippen LogP contribution in [0.25, 0.3) is 0 Å². The number of carbonyl (C=O) groups excluding carboxylic acids is 1. The summed E-state index contributed by atoms with van der Waals surface area (Å²) in [6, 6.07) is 5.01. The van der Waals surface area contributed by atoms with E-state index in [-0.39, 0.29) is 53.1 Å². The van der Waals surface area contributed by atoms with Gasteiger partial charge >= 0.3 is 0 Å². The number of alkyl halides is 1. The van der Waals surface area contributed by atoms with Gasteiger partial charge in [-0.1, -0.05) is 26.0 Å². The number of fused-ring (bicyclic) bond motifs is 3. The molecule has 0 amide bonds. The molecule has 0 bridgehead atoms. The Labute approximate surface area is 231 Å². The highest BCUT2D eigenvalue weighted by Gasteiger charge is 2.47. The van der Waals surface area contributed by atoms with Gasteiger partial charge in [0.2, 0.25) is 0 Å². The van der Waals surface area contributed by atoms with Gasteiger partial charge in [0.05, 0.1) is 24.8 Å². The molecule has 0 radical (unpaired) electrons. The molecule has 3 rings (SSSR count). The molecule has 34 heavy (non-hydrogen) atoms. The Hall–Kier alpha value is 0.1000. The smallest absolute Gasteiger partial charge is 0.106 e. The van der Waals surface area contributed by atoms with Gasteiger partial charge in [0.15, 0.2) is 0 Å². The Kier molecular flexibility index (Phi) is 18.7. The number of ether oxygens (including phenoxy) is 1. The molecule has 200 valence electrons. The molecule has 1 aromatic carbocycles. The van der Waals surface area contributed by atoms with Crippen LogP contribution < -0.4 is 0 Å². The van der Waals surface area contributed by atoms with Gasteiger partial charge in [-0.25, -0.2) is 0 Å². The van der Waals surface area contributed by atoms with Crippen molar-refractivity contribution in [3.05, 3.63) is 34.4 Å². The number of aryl methyl sites for hydroxylation is 2. The molecule has 1 fully saturated rings. The summed E-state index contributed by atoms with van der Waals surface area (Å²) in [4.78, 5) is 10.6. The molecule has 1 saturated heterocycles. The third-order valence-corrected chi connectivity index (χ3v) is 7.59. The average molecular weight is 555 g/mol. The van der Waals surface area contributed by atoms with E-state index in [2.05, 4.69) is 44.7 Å². The minimum Gasteiger partial charge on any atom is -0.389 e. The Balaban J connectivity index is 0. The highest BCUT2D eigenvalue weighted by Crippen LogP contribution is 2.46. The maximum Gasteiger partial charge on any atom is 0.106 e. The second kappa shape index (κ2) is 17.5. The molecule has 0 aliphatic carbocycles. The molecule has 4 nitrogen and oxygen atoms in total. The van der Waals surface area contributed by atoms with E-state index in [4.69, 9.17) is 9.53 Å². The van der Waals surface area contributed by atoms with Crippen molar-refractivity contribution in [3.8, 4) is 0 Å². The second-order valence-electron chi connectivity index (χ2n) is 9.40.